The van der Waals surface area contributed by atoms with Gasteiger partial charge in [0.15, 0.2) is 0 Å². The van der Waals surface area contributed by atoms with Crippen LogP contribution in [0.3, 0.4) is 0 Å². The van der Waals surface area contributed by atoms with E-state index < -0.39 is 39.2 Å². The van der Waals surface area contributed by atoms with Gasteiger partial charge in [0.25, 0.3) is 0 Å². The summed E-state index contributed by atoms with van der Waals surface area (Å²) in [5, 5.41) is 17.1. The fraction of sp³-hybridized carbons (Fsp3) is 0.273. The molecule has 1 aromatic carbocycles. The number of hydrogen-bond donors (Lipinski definition) is 3. The summed E-state index contributed by atoms with van der Waals surface area (Å²) < 4.78 is 38.5. The second-order valence-electron chi connectivity index (χ2n) is 3.92. The number of rotatable bonds is 7. The molecule has 0 amide bonds. The minimum atomic E-state index is -3.94. The maximum absolute atomic E-state index is 13.4. The Kier molecular flexibility index (Phi) is 5.03. The number of hydrogen-bond acceptors (Lipinski definition) is 4. The van der Waals surface area contributed by atoms with Crippen molar-refractivity contribution in [2.24, 2.45) is 0 Å². The fourth-order valence-electron chi connectivity index (χ4n) is 1.37. The zero-order valence-electron chi connectivity index (χ0n) is 10.2. The van der Waals surface area contributed by atoms with E-state index in [1.54, 1.807) is 0 Å². The minimum absolute atomic E-state index is 0.134. The number of sulfonamides is 1. The van der Waals surface area contributed by atoms with E-state index in [4.69, 9.17) is 10.2 Å². The first-order valence-electron chi connectivity index (χ1n) is 5.46. The predicted octanol–water partition coefficient (Wildman–Crippen LogP) is 1.13. The van der Waals surface area contributed by atoms with Gasteiger partial charge >= 0.3 is 11.9 Å². The highest BCUT2D eigenvalue weighted by Crippen LogP contribution is 2.18. The zero-order valence-corrected chi connectivity index (χ0v) is 11.0. The lowest BCUT2D eigenvalue weighted by atomic mass is 10.2. The number of halogens is 1. The Hall–Kier alpha value is -2.16. The zero-order chi connectivity index (χ0) is 15.3. The normalized spacial score (nSPS) is 11.1. The molecule has 7 nitrogen and oxygen atoms in total. The molecule has 0 heterocycles. The molecule has 1 rings (SSSR count). The molecule has 0 saturated carbocycles. The van der Waals surface area contributed by atoms with Crippen LogP contribution in [0.15, 0.2) is 18.2 Å². The van der Waals surface area contributed by atoms with E-state index in [-0.39, 0.29) is 18.4 Å². The molecule has 9 heteroatoms. The first-order chi connectivity index (χ1) is 9.21. The second-order valence-corrected chi connectivity index (χ2v) is 5.76. The highest BCUT2D eigenvalue weighted by Gasteiger charge is 2.15. The summed E-state index contributed by atoms with van der Waals surface area (Å²) in [4.78, 5) is 21.0. The van der Waals surface area contributed by atoms with Crippen molar-refractivity contribution in [2.75, 3.05) is 10.5 Å². The highest BCUT2D eigenvalue weighted by molar-refractivity contribution is 7.92. The number of carboxylic acid groups (broad SMARTS) is 2. The third-order valence-electron chi connectivity index (χ3n) is 2.28. The van der Waals surface area contributed by atoms with Crippen LogP contribution in [0.5, 0.6) is 0 Å². The van der Waals surface area contributed by atoms with Crippen LogP contribution in [0.2, 0.25) is 0 Å². The van der Waals surface area contributed by atoms with Gasteiger partial charge in [0.2, 0.25) is 10.0 Å². The molecule has 0 spiro atoms. The van der Waals surface area contributed by atoms with Crippen LogP contribution >= 0.6 is 0 Å². The Labute approximate surface area is 114 Å². The number of aromatic carboxylic acids is 1. The maximum Gasteiger partial charge on any atom is 0.335 e. The van der Waals surface area contributed by atoms with Gasteiger partial charge in [-0.3, -0.25) is 9.52 Å². The lowest BCUT2D eigenvalue weighted by Gasteiger charge is -2.09. The molecule has 0 saturated heterocycles. The highest BCUT2D eigenvalue weighted by atomic mass is 32.2. The molecule has 110 valence electrons. The van der Waals surface area contributed by atoms with Crippen LogP contribution in [-0.2, 0) is 14.8 Å². The van der Waals surface area contributed by atoms with Crippen molar-refractivity contribution in [1.29, 1.82) is 0 Å². The van der Waals surface area contributed by atoms with Crippen LogP contribution in [0.4, 0.5) is 10.1 Å². The Morgan fingerprint density at radius 2 is 1.90 bits per heavy atom. The second kappa shape index (κ2) is 6.33. The van der Waals surface area contributed by atoms with Gasteiger partial charge in [0.05, 0.1) is 17.0 Å². The number of carbonyl (C=O) groups is 2. The summed E-state index contributed by atoms with van der Waals surface area (Å²) in [6, 6.07) is 2.69. The predicted molar refractivity (Wildman–Crippen MR) is 67.6 cm³/mol. The summed E-state index contributed by atoms with van der Waals surface area (Å²) in [6.45, 7) is 0. The van der Waals surface area contributed by atoms with Gasteiger partial charge in [-0.2, -0.15) is 0 Å². The molecule has 0 aliphatic carbocycles. The van der Waals surface area contributed by atoms with E-state index in [0.717, 1.165) is 18.2 Å². The van der Waals surface area contributed by atoms with Crippen LogP contribution in [0.1, 0.15) is 23.2 Å². The lowest BCUT2D eigenvalue weighted by Crippen LogP contribution is -2.18. The molecule has 0 unspecified atom stereocenters. The quantitative estimate of drug-likeness (QED) is 0.694. The molecule has 20 heavy (non-hydrogen) atoms. The van der Waals surface area contributed by atoms with Crippen molar-refractivity contribution >= 4 is 27.6 Å². The smallest absolute Gasteiger partial charge is 0.335 e. The molecule has 0 aliphatic heterocycles. The summed E-state index contributed by atoms with van der Waals surface area (Å²) in [7, 11) is -3.94. The van der Waals surface area contributed by atoms with Gasteiger partial charge in [0, 0.05) is 6.42 Å². The van der Waals surface area contributed by atoms with E-state index in [1.165, 1.54) is 0 Å². The number of nitrogens with one attached hydrogen (secondary N) is 1. The number of benzene rings is 1. The van der Waals surface area contributed by atoms with Gasteiger partial charge in [-0.05, 0) is 24.6 Å². The monoisotopic (exact) mass is 305 g/mol. The van der Waals surface area contributed by atoms with Crippen LogP contribution in [0.25, 0.3) is 0 Å². The molecule has 0 radical (unpaired) electrons. The van der Waals surface area contributed by atoms with Gasteiger partial charge in [-0.25, -0.2) is 17.6 Å². The molecule has 0 aromatic heterocycles. The summed E-state index contributed by atoms with van der Waals surface area (Å²) in [5.41, 5.74) is -0.755. The third-order valence-corrected chi connectivity index (χ3v) is 3.64. The summed E-state index contributed by atoms with van der Waals surface area (Å²) >= 11 is 0. The van der Waals surface area contributed by atoms with Crippen LogP contribution in [-0.4, -0.2) is 36.3 Å². The third kappa shape index (κ3) is 4.84. The van der Waals surface area contributed by atoms with Crippen molar-refractivity contribution in [2.45, 2.75) is 12.8 Å². The first-order valence-corrected chi connectivity index (χ1v) is 7.11. The molecule has 0 fully saturated rings. The number of anilines is 1. The average molecular weight is 305 g/mol. The topological polar surface area (TPSA) is 121 Å². The molecule has 0 atom stereocenters. The SMILES string of the molecule is O=C(O)CCCS(=O)(=O)Nc1cc(C(=O)O)ccc1F. The standard InChI is InChI=1S/C11H12FNO6S/c12-8-4-3-7(11(16)17)6-9(8)13-20(18,19)5-1-2-10(14)15/h3-4,6,13H,1-2,5H2,(H,14,15)(H,16,17). The van der Waals surface area contributed by atoms with Crippen LogP contribution < -0.4 is 4.72 Å². The van der Waals surface area contributed by atoms with Crippen molar-refractivity contribution in [3.05, 3.63) is 29.6 Å². The van der Waals surface area contributed by atoms with Gasteiger partial charge in [-0.1, -0.05) is 0 Å². The van der Waals surface area contributed by atoms with Crippen molar-refractivity contribution in [1.82, 2.24) is 0 Å². The Morgan fingerprint density at radius 3 is 2.45 bits per heavy atom. The van der Waals surface area contributed by atoms with Crippen molar-refractivity contribution in [3.63, 3.8) is 0 Å². The molecule has 0 bridgehead atoms. The number of aliphatic carboxylic acids is 1. The molecule has 3 N–H and O–H groups in total. The summed E-state index contributed by atoms with van der Waals surface area (Å²) in [5.74, 6) is -3.89. The Morgan fingerprint density at radius 1 is 1.25 bits per heavy atom. The fourth-order valence-corrected chi connectivity index (χ4v) is 2.49. The molecular formula is C11H12FNO6S. The van der Waals surface area contributed by atoms with Crippen molar-refractivity contribution < 1.29 is 32.6 Å². The molecule has 0 aliphatic rings. The van der Waals surface area contributed by atoms with Crippen molar-refractivity contribution in [3.8, 4) is 0 Å². The van der Waals surface area contributed by atoms with E-state index in [1.807, 2.05) is 4.72 Å². The largest absolute Gasteiger partial charge is 0.481 e. The van der Waals surface area contributed by atoms with E-state index >= 15 is 0 Å². The van der Waals surface area contributed by atoms with Gasteiger partial charge < -0.3 is 10.2 Å². The van der Waals surface area contributed by atoms with Gasteiger partial charge in [0.1, 0.15) is 5.82 Å². The van der Waals surface area contributed by atoms with Gasteiger partial charge in [-0.15, -0.1) is 0 Å². The Balaban J connectivity index is 2.83. The first kappa shape index (κ1) is 15.9. The van der Waals surface area contributed by atoms with Crippen LogP contribution in [0, 0.1) is 5.82 Å². The maximum atomic E-state index is 13.4. The Bertz CT molecular complexity index is 628. The summed E-state index contributed by atoms with van der Waals surface area (Å²) in [6.07, 6.45) is -0.469. The molecular weight excluding hydrogens is 293 g/mol. The van der Waals surface area contributed by atoms with E-state index in [9.17, 15) is 22.4 Å². The average Bonchev–Trinajstić information content (AvgIpc) is 2.30. The van der Waals surface area contributed by atoms with E-state index in [2.05, 4.69) is 0 Å². The molecule has 1 aromatic rings. The minimum Gasteiger partial charge on any atom is -0.481 e. The van der Waals surface area contributed by atoms with E-state index in [0.29, 0.717) is 0 Å². The number of carboxylic acids is 2. The lowest BCUT2D eigenvalue weighted by molar-refractivity contribution is -0.137.